The van der Waals surface area contributed by atoms with E-state index in [1.807, 2.05) is 30.3 Å². The number of fused-ring (bicyclic) bond motifs is 1. The van der Waals surface area contributed by atoms with Crippen LogP contribution in [0.2, 0.25) is 0 Å². The Labute approximate surface area is 127 Å². The third kappa shape index (κ3) is 2.74. The number of carbonyl (C=O) groups excluding carboxylic acids is 1. The Morgan fingerprint density at radius 1 is 1.05 bits per heavy atom. The molecule has 106 valence electrons. The summed E-state index contributed by atoms with van der Waals surface area (Å²) in [6.45, 7) is 4.24. The lowest BCUT2D eigenvalue weighted by Crippen LogP contribution is -1.99. The van der Waals surface area contributed by atoms with Gasteiger partial charge in [-0.3, -0.25) is 4.79 Å². The summed E-state index contributed by atoms with van der Waals surface area (Å²) < 4.78 is 14.0. The number of hydrogen-bond acceptors (Lipinski definition) is 2. The van der Waals surface area contributed by atoms with Crippen LogP contribution in [0.5, 0.6) is 0 Å². The number of thiophene rings is 1. The van der Waals surface area contributed by atoms with Gasteiger partial charge in [-0.2, -0.15) is 0 Å². The summed E-state index contributed by atoms with van der Waals surface area (Å²) in [7, 11) is 0. The standard InChI is InChI=1S/C18H15FOS/c1-11(2)12-3-5-13(6-4-12)18(20)17-9-14-7-8-15(19)10-16(14)21-17/h3-11H,1-2H3. The van der Waals surface area contributed by atoms with Gasteiger partial charge >= 0.3 is 0 Å². The fraction of sp³-hybridized carbons (Fsp3) is 0.167. The maximum Gasteiger partial charge on any atom is 0.202 e. The van der Waals surface area contributed by atoms with E-state index in [4.69, 9.17) is 0 Å². The molecular weight excluding hydrogens is 283 g/mol. The summed E-state index contributed by atoms with van der Waals surface area (Å²) >= 11 is 1.34. The van der Waals surface area contributed by atoms with E-state index in [0.717, 1.165) is 10.1 Å². The molecule has 3 rings (SSSR count). The highest BCUT2D eigenvalue weighted by Crippen LogP contribution is 2.28. The summed E-state index contributed by atoms with van der Waals surface area (Å²) in [5.74, 6) is 0.165. The topological polar surface area (TPSA) is 17.1 Å². The molecule has 0 N–H and O–H groups in total. The average Bonchev–Trinajstić information content (AvgIpc) is 2.89. The first-order valence-electron chi connectivity index (χ1n) is 6.88. The molecule has 0 unspecified atom stereocenters. The largest absolute Gasteiger partial charge is 0.288 e. The number of hydrogen-bond donors (Lipinski definition) is 0. The smallest absolute Gasteiger partial charge is 0.202 e. The quantitative estimate of drug-likeness (QED) is 0.592. The Bertz CT molecular complexity index is 800. The van der Waals surface area contributed by atoms with Crippen molar-refractivity contribution in [3.63, 3.8) is 0 Å². The predicted molar refractivity (Wildman–Crippen MR) is 85.7 cm³/mol. The van der Waals surface area contributed by atoms with Gasteiger partial charge in [0.2, 0.25) is 5.78 Å². The highest BCUT2D eigenvalue weighted by Gasteiger charge is 2.13. The van der Waals surface area contributed by atoms with Crippen molar-refractivity contribution >= 4 is 27.2 Å². The van der Waals surface area contributed by atoms with Gasteiger partial charge in [0.25, 0.3) is 0 Å². The molecule has 1 nitrogen and oxygen atoms in total. The number of halogens is 1. The molecule has 0 aliphatic heterocycles. The first kappa shape index (κ1) is 14.0. The van der Waals surface area contributed by atoms with Crippen LogP contribution >= 0.6 is 11.3 Å². The van der Waals surface area contributed by atoms with Crippen LogP contribution in [0.25, 0.3) is 10.1 Å². The first-order valence-corrected chi connectivity index (χ1v) is 7.70. The highest BCUT2D eigenvalue weighted by molar-refractivity contribution is 7.21. The third-order valence-corrected chi connectivity index (χ3v) is 4.64. The zero-order valence-electron chi connectivity index (χ0n) is 11.9. The van der Waals surface area contributed by atoms with E-state index in [1.54, 1.807) is 6.07 Å². The minimum Gasteiger partial charge on any atom is -0.288 e. The van der Waals surface area contributed by atoms with Gasteiger partial charge in [-0.15, -0.1) is 11.3 Å². The van der Waals surface area contributed by atoms with Gasteiger partial charge in [0.15, 0.2) is 0 Å². The second-order valence-electron chi connectivity index (χ2n) is 5.40. The monoisotopic (exact) mass is 298 g/mol. The highest BCUT2D eigenvalue weighted by atomic mass is 32.1. The molecule has 0 saturated carbocycles. The van der Waals surface area contributed by atoms with Crippen molar-refractivity contribution in [2.75, 3.05) is 0 Å². The van der Waals surface area contributed by atoms with Crippen molar-refractivity contribution < 1.29 is 9.18 Å². The number of rotatable bonds is 3. The van der Waals surface area contributed by atoms with Crippen molar-refractivity contribution in [2.45, 2.75) is 19.8 Å². The molecule has 3 aromatic rings. The molecule has 2 aromatic carbocycles. The molecule has 0 spiro atoms. The SMILES string of the molecule is CC(C)c1ccc(C(=O)c2cc3ccc(F)cc3s2)cc1. The van der Waals surface area contributed by atoms with Crippen molar-refractivity contribution in [3.8, 4) is 0 Å². The molecule has 1 aromatic heterocycles. The van der Waals surface area contributed by atoms with Crippen molar-refractivity contribution in [2.24, 2.45) is 0 Å². The first-order chi connectivity index (χ1) is 10.0. The second kappa shape index (κ2) is 5.41. The Balaban J connectivity index is 1.95. The Hall–Kier alpha value is -2.00. The molecule has 0 saturated heterocycles. The molecular formula is C18H15FOS. The normalized spacial score (nSPS) is 11.2. The maximum absolute atomic E-state index is 13.2. The summed E-state index contributed by atoms with van der Waals surface area (Å²) in [4.78, 5) is 13.1. The zero-order chi connectivity index (χ0) is 15.0. The average molecular weight is 298 g/mol. The van der Waals surface area contributed by atoms with Crippen LogP contribution in [0.4, 0.5) is 4.39 Å². The van der Waals surface area contributed by atoms with Gasteiger partial charge in [-0.05, 0) is 35.1 Å². The molecule has 0 atom stereocenters. The van der Waals surface area contributed by atoms with Crippen LogP contribution in [0.3, 0.4) is 0 Å². The van der Waals surface area contributed by atoms with E-state index >= 15 is 0 Å². The van der Waals surface area contributed by atoms with E-state index in [-0.39, 0.29) is 11.6 Å². The molecule has 3 heteroatoms. The van der Waals surface area contributed by atoms with Gasteiger partial charge in [0, 0.05) is 10.3 Å². The van der Waals surface area contributed by atoms with Gasteiger partial charge in [0.05, 0.1) is 4.88 Å². The maximum atomic E-state index is 13.2. The van der Waals surface area contributed by atoms with E-state index in [1.165, 1.54) is 29.0 Å². The predicted octanol–water partition coefficient (Wildman–Crippen LogP) is 5.39. The number of carbonyl (C=O) groups is 1. The summed E-state index contributed by atoms with van der Waals surface area (Å²) in [6, 6.07) is 14.1. The third-order valence-electron chi connectivity index (χ3n) is 3.55. The van der Waals surface area contributed by atoms with Crippen molar-refractivity contribution in [1.82, 2.24) is 0 Å². The summed E-state index contributed by atoms with van der Waals surface area (Å²) in [6.07, 6.45) is 0. The second-order valence-corrected chi connectivity index (χ2v) is 6.48. The van der Waals surface area contributed by atoms with Gasteiger partial charge in [0.1, 0.15) is 5.82 Å². The van der Waals surface area contributed by atoms with E-state index in [9.17, 15) is 9.18 Å². The lowest BCUT2D eigenvalue weighted by molar-refractivity contribution is 0.104. The molecule has 0 amide bonds. The lowest BCUT2D eigenvalue weighted by atomic mass is 10.00. The van der Waals surface area contributed by atoms with E-state index < -0.39 is 0 Å². The van der Waals surface area contributed by atoms with E-state index in [0.29, 0.717) is 16.4 Å². The van der Waals surface area contributed by atoms with E-state index in [2.05, 4.69) is 13.8 Å². The van der Waals surface area contributed by atoms with Crippen LogP contribution in [-0.4, -0.2) is 5.78 Å². The van der Waals surface area contributed by atoms with Crippen LogP contribution in [0.15, 0.2) is 48.5 Å². The van der Waals surface area contributed by atoms with Crippen LogP contribution < -0.4 is 0 Å². The lowest BCUT2D eigenvalue weighted by Gasteiger charge is -2.05. The molecule has 0 bridgehead atoms. The zero-order valence-corrected chi connectivity index (χ0v) is 12.7. The fourth-order valence-corrected chi connectivity index (χ4v) is 3.33. The molecule has 0 aliphatic carbocycles. The molecule has 0 fully saturated rings. The Kier molecular flexibility index (Phi) is 3.60. The number of benzene rings is 2. The summed E-state index contributed by atoms with van der Waals surface area (Å²) in [5, 5.41) is 0.906. The van der Waals surface area contributed by atoms with Gasteiger partial charge in [-0.25, -0.2) is 4.39 Å². The molecule has 21 heavy (non-hydrogen) atoms. The Morgan fingerprint density at radius 3 is 2.43 bits per heavy atom. The van der Waals surface area contributed by atoms with Crippen LogP contribution in [0, 0.1) is 5.82 Å². The Morgan fingerprint density at radius 2 is 1.76 bits per heavy atom. The van der Waals surface area contributed by atoms with Crippen LogP contribution in [-0.2, 0) is 0 Å². The van der Waals surface area contributed by atoms with Gasteiger partial charge < -0.3 is 0 Å². The number of ketones is 1. The minimum atomic E-state index is -0.273. The minimum absolute atomic E-state index is 0.00749. The molecule has 0 radical (unpaired) electrons. The van der Waals surface area contributed by atoms with Gasteiger partial charge in [-0.1, -0.05) is 44.2 Å². The van der Waals surface area contributed by atoms with Crippen LogP contribution in [0.1, 0.15) is 40.6 Å². The van der Waals surface area contributed by atoms with Crippen molar-refractivity contribution in [3.05, 3.63) is 70.4 Å². The van der Waals surface area contributed by atoms with Crippen molar-refractivity contribution in [1.29, 1.82) is 0 Å². The molecule has 0 aliphatic rings. The summed E-state index contributed by atoms with van der Waals surface area (Å²) in [5.41, 5.74) is 1.89. The fourth-order valence-electron chi connectivity index (χ4n) is 2.28. The molecule has 1 heterocycles.